The van der Waals surface area contributed by atoms with E-state index in [1.165, 1.54) is 19.3 Å². The van der Waals surface area contributed by atoms with E-state index in [0.717, 1.165) is 19.3 Å². The summed E-state index contributed by atoms with van der Waals surface area (Å²) in [6, 6.07) is -0.571. The lowest BCUT2D eigenvalue weighted by atomic mass is 9.49. The second-order valence-corrected chi connectivity index (χ2v) is 9.03. The van der Waals surface area contributed by atoms with Crippen molar-refractivity contribution < 1.29 is 19.1 Å². The van der Waals surface area contributed by atoms with Crippen LogP contribution in [0.5, 0.6) is 0 Å². The van der Waals surface area contributed by atoms with Gasteiger partial charge >= 0.3 is 12.0 Å². The van der Waals surface area contributed by atoms with E-state index in [1.54, 1.807) is 0 Å². The number of rotatable bonds is 3. The molecule has 0 heterocycles. The van der Waals surface area contributed by atoms with E-state index in [0.29, 0.717) is 17.8 Å². The Hall–Kier alpha value is -1.59. The van der Waals surface area contributed by atoms with E-state index < -0.39 is 24.1 Å². The van der Waals surface area contributed by atoms with Crippen molar-refractivity contribution in [2.24, 2.45) is 23.2 Å². The van der Waals surface area contributed by atoms with E-state index in [-0.39, 0.29) is 11.4 Å². The van der Waals surface area contributed by atoms with Crippen LogP contribution < -0.4 is 10.6 Å². The fourth-order valence-corrected chi connectivity index (χ4v) is 5.18. The Balaban J connectivity index is 1.49. The van der Waals surface area contributed by atoms with E-state index in [2.05, 4.69) is 10.6 Å². The monoisotopic (exact) mass is 336 g/mol. The average molecular weight is 336 g/mol. The lowest BCUT2D eigenvalue weighted by Crippen LogP contribution is -2.51. The number of urea groups is 1. The van der Waals surface area contributed by atoms with Crippen LogP contribution in [0.2, 0.25) is 0 Å². The molecular weight excluding hydrogens is 308 g/mol. The molecule has 2 N–H and O–H groups in total. The zero-order valence-electron chi connectivity index (χ0n) is 14.8. The molecule has 0 saturated heterocycles. The molecule has 4 aliphatic carbocycles. The van der Waals surface area contributed by atoms with E-state index >= 15 is 0 Å². The van der Waals surface area contributed by atoms with Gasteiger partial charge in [0.05, 0.1) is 5.41 Å². The van der Waals surface area contributed by atoms with Crippen LogP contribution in [-0.2, 0) is 14.3 Å². The van der Waals surface area contributed by atoms with Crippen LogP contribution >= 0.6 is 0 Å². The molecule has 0 radical (unpaired) electrons. The van der Waals surface area contributed by atoms with Gasteiger partial charge in [-0.1, -0.05) is 0 Å². The molecule has 6 nitrogen and oxygen atoms in total. The van der Waals surface area contributed by atoms with Gasteiger partial charge in [-0.25, -0.2) is 4.79 Å². The highest BCUT2D eigenvalue weighted by Gasteiger charge is 2.55. The van der Waals surface area contributed by atoms with Crippen molar-refractivity contribution in [2.45, 2.75) is 64.8 Å². The van der Waals surface area contributed by atoms with Gasteiger partial charge in [-0.05, 0) is 77.0 Å². The third-order valence-electron chi connectivity index (χ3n) is 5.55. The maximum atomic E-state index is 12.6. The molecule has 0 atom stereocenters. The molecular formula is C18H28N2O4. The normalized spacial score (nSPS) is 33.9. The second-order valence-electron chi connectivity index (χ2n) is 9.03. The van der Waals surface area contributed by atoms with Crippen LogP contribution in [0.4, 0.5) is 4.79 Å². The van der Waals surface area contributed by atoms with Crippen molar-refractivity contribution in [2.75, 3.05) is 6.61 Å². The third-order valence-corrected chi connectivity index (χ3v) is 5.55. The minimum atomic E-state index is -0.588. The molecule has 0 spiro atoms. The van der Waals surface area contributed by atoms with Gasteiger partial charge in [0.15, 0.2) is 6.61 Å². The zero-order valence-corrected chi connectivity index (χ0v) is 14.8. The molecule has 0 unspecified atom stereocenters. The predicted octanol–water partition coefficient (Wildman–Crippen LogP) is 2.37. The average Bonchev–Trinajstić information content (AvgIpc) is 2.40. The summed E-state index contributed by atoms with van der Waals surface area (Å²) < 4.78 is 5.29. The van der Waals surface area contributed by atoms with Crippen LogP contribution in [0.3, 0.4) is 0 Å². The van der Waals surface area contributed by atoms with E-state index in [9.17, 15) is 14.4 Å². The first-order chi connectivity index (χ1) is 11.2. The second kappa shape index (κ2) is 6.05. The highest BCUT2D eigenvalue weighted by Crippen LogP contribution is 2.60. The summed E-state index contributed by atoms with van der Waals surface area (Å²) in [6.07, 6.45) is 6.47. The summed E-state index contributed by atoms with van der Waals surface area (Å²) >= 11 is 0. The smallest absolute Gasteiger partial charge is 0.321 e. The number of amides is 3. The number of hydrogen-bond donors (Lipinski definition) is 2. The fraction of sp³-hybridized carbons (Fsp3) is 0.833. The van der Waals surface area contributed by atoms with Crippen molar-refractivity contribution in [3.63, 3.8) is 0 Å². The molecule has 0 aromatic heterocycles. The Labute approximate surface area is 143 Å². The first kappa shape index (κ1) is 17.2. The summed E-state index contributed by atoms with van der Waals surface area (Å²) in [5.74, 6) is 1.11. The highest BCUT2D eigenvalue weighted by molar-refractivity contribution is 5.96. The number of carbonyl (C=O) groups excluding carboxylic acids is 3. The van der Waals surface area contributed by atoms with Gasteiger partial charge in [-0.2, -0.15) is 0 Å². The quantitative estimate of drug-likeness (QED) is 0.775. The molecule has 0 aromatic carbocycles. The summed E-state index contributed by atoms with van der Waals surface area (Å²) in [5, 5.41) is 4.83. The van der Waals surface area contributed by atoms with Crippen LogP contribution in [0, 0.1) is 23.2 Å². The first-order valence-electron chi connectivity index (χ1n) is 8.94. The molecule has 4 aliphatic rings. The molecule has 3 amide bonds. The topological polar surface area (TPSA) is 84.5 Å². The van der Waals surface area contributed by atoms with Crippen LogP contribution in [0.25, 0.3) is 0 Å². The third kappa shape index (κ3) is 3.73. The Kier molecular flexibility index (Phi) is 4.34. The Morgan fingerprint density at radius 1 is 1.00 bits per heavy atom. The highest BCUT2D eigenvalue weighted by atomic mass is 16.5. The Bertz CT molecular complexity index is 514. The number of ether oxygens (including phenoxy) is 1. The number of imide groups is 1. The minimum absolute atomic E-state index is 0.243. The zero-order chi connectivity index (χ0) is 17.5. The fourth-order valence-electron chi connectivity index (χ4n) is 5.18. The standard InChI is InChI=1S/C18H28N2O4/c1-17(2,3)20-16(23)19-14(21)10-24-15(22)18-7-11-4-12(8-18)6-13(5-11)9-18/h11-13H,4-10H2,1-3H3,(H2,19,20,21,23). The van der Waals surface area contributed by atoms with Gasteiger partial charge in [0, 0.05) is 5.54 Å². The Morgan fingerprint density at radius 3 is 1.96 bits per heavy atom. The summed E-state index contributed by atoms with van der Waals surface area (Å²) in [4.78, 5) is 36.1. The minimum Gasteiger partial charge on any atom is -0.455 e. The van der Waals surface area contributed by atoms with Gasteiger partial charge in [0.25, 0.3) is 5.91 Å². The van der Waals surface area contributed by atoms with Gasteiger partial charge in [-0.15, -0.1) is 0 Å². The SMILES string of the molecule is CC(C)(C)NC(=O)NC(=O)COC(=O)C12CC3CC(CC(C3)C1)C2. The van der Waals surface area contributed by atoms with Gasteiger partial charge in [-0.3, -0.25) is 14.9 Å². The molecule has 134 valence electrons. The van der Waals surface area contributed by atoms with Crippen LogP contribution in [0.15, 0.2) is 0 Å². The maximum absolute atomic E-state index is 12.6. The van der Waals surface area contributed by atoms with Gasteiger partial charge < -0.3 is 10.1 Å². The van der Waals surface area contributed by atoms with Crippen molar-refractivity contribution in [1.29, 1.82) is 0 Å². The Morgan fingerprint density at radius 2 is 1.50 bits per heavy atom. The van der Waals surface area contributed by atoms with Crippen molar-refractivity contribution in [3.05, 3.63) is 0 Å². The summed E-state index contributed by atoms with van der Waals surface area (Å²) in [6.45, 7) is 5.08. The van der Waals surface area contributed by atoms with Gasteiger partial charge in [0.2, 0.25) is 0 Å². The van der Waals surface area contributed by atoms with E-state index in [1.807, 2.05) is 20.8 Å². The number of hydrogen-bond acceptors (Lipinski definition) is 4. The summed E-state index contributed by atoms with van der Waals surface area (Å²) in [7, 11) is 0. The van der Waals surface area contributed by atoms with Crippen molar-refractivity contribution in [1.82, 2.24) is 10.6 Å². The largest absolute Gasteiger partial charge is 0.455 e. The van der Waals surface area contributed by atoms with E-state index in [4.69, 9.17) is 4.74 Å². The molecule has 4 bridgehead atoms. The first-order valence-corrected chi connectivity index (χ1v) is 8.94. The van der Waals surface area contributed by atoms with Crippen LogP contribution in [0.1, 0.15) is 59.3 Å². The number of carbonyl (C=O) groups is 3. The maximum Gasteiger partial charge on any atom is 0.321 e. The predicted molar refractivity (Wildman–Crippen MR) is 88.0 cm³/mol. The molecule has 4 fully saturated rings. The summed E-state index contributed by atoms with van der Waals surface area (Å²) in [5.41, 5.74) is -0.803. The lowest BCUT2D eigenvalue weighted by molar-refractivity contribution is -0.173. The van der Waals surface area contributed by atoms with Crippen molar-refractivity contribution in [3.8, 4) is 0 Å². The van der Waals surface area contributed by atoms with Crippen LogP contribution in [-0.4, -0.2) is 30.1 Å². The molecule has 24 heavy (non-hydrogen) atoms. The lowest BCUT2D eigenvalue weighted by Gasteiger charge is -2.55. The number of nitrogens with one attached hydrogen (secondary N) is 2. The molecule has 0 aromatic rings. The number of esters is 1. The molecule has 6 heteroatoms. The van der Waals surface area contributed by atoms with Crippen molar-refractivity contribution >= 4 is 17.9 Å². The van der Waals surface area contributed by atoms with Gasteiger partial charge in [0.1, 0.15) is 0 Å². The molecule has 0 aliphatic heterocycles. The molecule has 4 rings (SSSR count). The molecule has 4 saturated carbocycles.